The first-order valence-corrected chi connectivity index (χ1v) is 13.4. The monoisotopic (exact) mass is 444 g/mol. The standard InChI is InChI=1S/C29H48O3/c1-19(12-14-26(3,4)32-20(2)30)23-10-11-24-22-9-8-21-18-27(5,31)16-17-28(21,6)25(22)13-15-29(23,24)7/h8,19,22-25,31H,9-18H2,1-7H3/t19-,22+,23-,24+,25+,27+,28+,29-/m1/s1. The zero-order chi connectivity index (χ0) is 23.5. The van der Waals surface area contributed by atoms with Crippen LogP contribution in [0.5, 0.6) is 0 Å². The van der Waals surface area contributed by atoms with Gasteiger partial charge in [-0.05, 0) is 125 Å². The lowest BCUT2D eigenvalue weighted by Gasteiger charge is -2.59. The molecule has 4 rings (SSSR count). The van der Waals surface area contributed by atoms with Gasteiger partial charge in [0, 0.05) is 6.92 Å². The van der Waals surface area contributed by atoms with Crippen LogP contribution in [0.25, 0.3) is 0 Å². The van der Waals surface area contributed by atoms with Gasteiger partial charge in [-0.15, -0.1) is 0 Å². The highest BCUT2D eigenvalue weighted by atomic mass is 16.6. The number of rotatable bonds is 5. The molecule has 0 unspecified atom stereocenters. The fourth-order valence-corrected chi connectivity index (χ4v) is 9.00. The summed E-state index contributed by atoms with van der Waals surface area (Å²) in [5.41, 5.74) is 1.46. The number of allylic oxidation sites excluding steroid dienone is 1. The summed E-state index contributed by atoms with van der Waals surface area (Å²) >= 11 is 0. The van der Waals surface area contributed by atoms with E-state index in [0.29, 0.717) is 16.7 Å². The van der Waals surface area contributed by atoms with Gasteiger partial charge < -0.3 is 9.84 Å². The van der Waals surface area contributed by atoms with E-state index >= 15 is 0 Å². The number of ether oxygens (including phenoxy) is 1. The summed E-state index contributed by atoms with van der Waals surface area (Å²) in [5.74, 6) is 3.75. The van der Waals surface area contributed by atoms with Gasteiger partial charge in [-0.25, -0.2) is 0 Å². The van der Waals surface area contributed by atoms with Crippen LogP contribution >= 0.6 is 0 Å². The molecule has 3 fully saturated rings. The maximum absolute atomic E-state index is 11.5. The van der Waals surface area contributed by atoms with Gasteiger partial charge in [0.05, 0.1) is 5.60 Å². The Hall–Kier alpha value is -0.830. The summed E-state index contributed by atoms with van der Waals surface area (Å²) in [5, 5.41) is 10.7. The molecule has 3 heteroatoms. The van der Waals surface area contributed by atoms with Crippen molar-refractivity contribution in [3.63, 3.8) is 0 Å². The molecule has 3 nitrogen and oxygen atoms in total. The molecular weight excluding hydrogens is 396 g/mol. The molecule has 32 heavy (non-hydrogen) atoms. The lowest BCUT2D eigenvalue weighted by atomic mass is 9.46. The third kappa shape index (κ3) is 4.21. The van der Waals surface area contributed by atoms with Crippen molar-refractivity contribution in [3.05, 3.63) is 11.6 Å². The summed E-state index contributed by atoms with van der Waals surface area (Å²) in [6.07, 6.45) is 14.3. The molecule has 0 aromatic rings. The first-order chi connectivity index (χ1) is 14.8. The van der Waals surface area contributed by atoms with Gasteiger partial charge >= 0.3 is 5.97 Å². The quantitative estimate of drug-likeness (QED) is 0.364. The maximum atomic E-state index is 11.5. The molecule has 1 N–H and O–H groups in total. The summed E-state index contributed by atoms with van der Waals surface area (Å²) < 4.78 is 5.57. The molecule has 4 aliphatic rings. The average Bonchev–Trinajstić information content (AvgIpc) is 3.03. The minimum atomic E-state index is -0.505. The number of esters is 1. The molecule has 0 bridgehead atoms. The Labute approximate surface area is 196 Å². The van der Waals surface area contributed by atoms with Gasteiger partial charge in [0.15, 0.2) is 0 Å². The summed E-state index contributed by atoms with van der Waals surface area (Å²) in [6, 6.07) is 0. The lowest BCUT2D eigenvalue weighted by Crippen LogP contribution is -2.52. The molecule has 0 spiro atoms. The SMILES string of the molecule is CC(=O)OC(C)(C)CC[C@@H](C)[C@H]1CC[C@H]2[C@@H]3CC=C4C[C@@](C)(O)CC[C@]4(C)[C@H]3CC[C@]12C. The van der Waals surface area contributed by atoms with Crippen molar-refractivity contribution in [2.75, 3.05) is 0 Å². The Kier molecular flexibility index (Phi) is 6.18. The maximum Gasteiger partial charge on any atom is 0.303 e. The van der Waals surface area contributed by atoms with E-state index in [1.54, 1.807) is 5.57 Å². The minimum absolute atomic E-state index is 0.170. The Morgan fingerprint density at radius 1 is 1.16 bits per heavy atom. The minimum Gasteiger partial charge on any atom is -0.460 e. The van der Waals surface area contributed by atoms with Crippen LogP contribution in [0.15, 0.2) is 11.6 Å². The first kappa shape index (κ1) is 24.3. The van der Waals surface area contributed by atoms with Crippen molar-refractivity contribution in [1.29, 1.82) is 0 Å². The van der Waals surface area contributed by atoms with Crippen LogP contribution in [-0.2, 0) is 9.53 Å². The van der Waals surface area contributed by atoms with Crippen molar-refractivity contribution in [3.8, 4) is 0 Å². The van der Waals surface area contributed by atoms with Gasteiger partial charge in [-0.3, -0.25) is 4.79 Å². The number of aliphatic hydroxyl groups is 1. The lowest BCUT2D eigenvalue weighted by molar-refractivity contribution is -0.154. The fourth-order valence-electron chi connectivity index (χ4n) is 9.00. The zero-order valence-electron chi connectivity index (χ0n) is 21.8. The summed E-state index contributed by atoms with van der Waals surface area (Å²) in [7, 11) is 0. The second-order valence-corrected chi connectivity index (χ2v) is 13.5. The van der Waals surface area contributed by atoms with Crippen molar-refractivity contribution in [2.24, 2.45) is 40.4 Å². The predicted molar refractivity (Wildman–Crippen MR) is 130 cm³/mol. The highest BCUT2D eigenvalue weighted by Crippen LogP contribution is 2.67. The van der Waals surface area contributed by atoms with E-state index in [2.05, 4.69) is 40.7 Å². The number of carbonyl (C=O) groups excluding carboxylic acids is 1. The van der Waals surface area contributed by atoms with Gasteiger partial charge in [0.25, 0.3) is 0 Å². The topological polar surface area (TPSA) is 46.5 Å². The van der Waals surface area contributed by atoms with Crippen molar-refractivity contribution < 1.29 is 14.6 Å². The Bertz CT molecular complexity index is 764. The van der Waals surface area contributed by atoms with E-state index in [0.717, 1.165) is 55.8 Å². The first-order valence-electron chi connectivity index (χ1n) is 13.4. The van der Waals surface area contributed by atoms with E-state index < -0.39 is 5.60 Å². The number of carbonyl (C=O) groups is 1. The van der Waals surface area contributed by atoms with Crippen LogP contribution < -0.4 is 0 Å². The Morgan fingerprint density at radius 2 is 1.88 bits per heavy atom. The van der Waals surface area contributed by atoms with Gasteiger partial charge in [-0.2, -0.15) is 0 Å². The molecule has 0 saturated heterocycles. The molecule has 0 radical (unpaired) electrons. The molecule has 0 aliphatic heterocycles. The fraction of sp³-hybridized carbons (Fsp3) is 0.897. The van der Waals surface area contributed by atoms with Crippen LogP contribution in [0.2, 0.25) is 0 Å². The Morgan fingerprint density at radius 3 is 2.56 bits per heavy atom. The predicted octanol–water partition coefficient (Wildman–Crippen LogP) is 7.07. The van der Waals surface area contributed by atoms with E-state index in [1.165, 1.54) is 39.0 Å². The number of hydrogen-bond acceptors (Lipinski definition) is 3. The van der Waals surface area contributed by atoms with Gasteiger partial charge in [0.2, 0.25) is 0 Å². The molecule has 0 amide bonds. The van der Waals surface area contributed by atoms with E-state index in [1.807, 2.05) is 6.92 Å². The highest BCUT2D eigenvalue weighted by Gasteiger charge is 2.59. The third-order valence-electron chi connectivity index (χ3n) is 10.8. The van der Waals surface area contributed by atoms with Crippen LogP contribution in [-0.4, -0.2) is 22.3 Å². The molecular formula is C29H48O3. The second kappa shape index (κ2) is 8.14. The van der Waals surface area contributed by atoms with Crippen molar-refractivity contribution >= 4 is 5.97 Å². The van der Waals surface area contributed by atoms with Gasteiger partial charge in [-0.1, -0.05) is 32.4 Å². The molecule has 0 aromatic heterocycles. The molecule has 0 aromatic carbocycles. The molecule has 4 aliphatic carbocycles. The number of hydrogen-bond donors (Lipinski definition) is 1. The van der Waals surface area contributed by atoms with E-state index in [9.17, 15) is 9.90 Å². The third-order valence-corrected chi connectivity index (χ3v) is 10.8. The molecule has 3 saturated carbocycles. The molecule has 0 heterocycles. The second-order valence-electron chi connectivity index (χ2n) is 13.5. The normalized spacial score (nSPS) is 44.7. The smallest absolute Gasteiger partial charge is 0.303 e. The summed E-state index contributed by atoms with van der Waals surface area (Å²) in [4.78, 5) is 11.5. The van der Waals surface area contributed by atoms with Crippen molar-refractivity contribution in [1.82, 2.24) is 0 Å². The van der Waals surface area contributed by atoms with Crippen LogP contribution in [0.3, 0.4) is 0 Å². The van der Waals surface area contributed by atoms with E-state index in [-0.39, 0.29) is 11.6 Å². The van der Waals surface area contributed by atoms with Crippen LogP contribution in [0.4, 0.5) is 0 Å². The molecule has 182 valence electrons. The van der Waals surface area contributed by atoms with E-state index in [4.69, 9.17) is 4.74 Å². The zero-order valence-corrected chi connectivity index (χ0v) is 21.8. The van der Waals surface area contributed by atoms with Crippen molar-refractivity contribution in [2.45, 2.75) is 124 Å². The average molecular weight is 445 g/mol. The summed E-state index contributed by atoms with van der Waals surface area (Å²) in [6.45, 7) is 15.3. The van der Waals surface area contributed by atoms with Crippen LogP contribution in [0.1, 0.15) is 113 Å². The highest BCUT2D eigenvalue weighted by molar-refractivity contribution is 5.66. The molecule has 8 atom stereocenters. The van der Waals surface area contributed by atoms with Crippen LogP contribution in [0, 0.1) is 40.4 Å². The largest absolute Gasteiger partial charge is 0.460 e. The number of fused-ring (bicyclic) bond motifs is 5. The van der Waals surface area contributed by atoms with Gasteiger partial charge in [0.1, 0.15) is 5.60 Å². The Balaban J connectivity index is 1.47.